The SMILES string of the molecule is O=C(CCCc1c[nH]c2ccccc12)NCc1cccnc1-n1cncn1. The van der Waals surface area contributed by atoms with E-state index in [0.29, 0.717) is 18.8 Å². The first-order valence-corrected chi connectivity index (χ1v) is 8.92. The Morgan fingerprint density at radius 2 is 2.07 bits per heavy atom. The highest BCUT2D eigenvalue weighted by atomic mass is 16.1. The number of hydrogen-bond acceptors (Lipinski definition) is 4. The van der Waals surface area contributed by atoms with Crippen molar-refractivity contribution in [1.82, 2.24) is 30.0 Å². The van der Waals surface area contributed by atoms with E-state index < -0.39 is 0 Å². The van der Waals surface area contributed by atoms with Crippen molar-refractivity contribution in [2.75, 3.05) is 0 Å². The van der Waals surface area contributed by atoms with Gasteiger partial charge in [0.05, 0.1) is 0 Å². The van der Waals surface area contributed by atoms with E-state index in [1.165, 1.54) is 17.3 Å². The van der Waals surface area contributed by atoms with E-state index in [2.05, 4.69) is 37.5 Å². The summed E-state index contributed by atoms with van der Waals surface area (Å²) in [6, 6.07) is 12.0. The molecule has 27 heavy (non-hydrogen) atoms. The van der Waals surface area contributed by atoms with E-state index in [0.717, 1.165) is 23.9 Å². The first-order chi connectivity index (χ1) is 13.3. The molecule has 0 spiro atoms. The molecule has 1 amide bonds. The highest BCUT2D eigenvalue weighted by Gasteiger charge is 2.09. The van der Waals surface area contributed by atoms with E-state index in [1.54, 1.807) is 17.2 Å². The van der Waals surface area contributed by atoms with Crippen molar-refractivity contribution in [3.8, 4) is 5.82 Å². The van der Waals surface area contributed by atoms with Gasteiger partial charge in [0.25, 0.3) is 0 Å². The lowest BCUT2D eigenvalue weighted by Crippen LogP contribution is -2.23. The number of benzene rings is 1. The zero-order valence-electron chi connectivity index (χ0n) is 14.8. The predicted molar refractivity (Wildman–Crippen MR) is 102 cm³/mol. The van der Waals surface area contributed by atoms with Gasteiger partial charge >= 0.3 is 0 Å². The van der Waals surface area contributed by atoms with Crippen LogP contribution in [0.25, 0.3) is 16.7 Å². The lowest BCUT2D eigenvalue weighted by Gasteiger charge is -2.09. The molecule has 4 rings (SSSR count). The van der Waals surface area contributed by atoms with Crippen molar-refractivity contribution >= 4 is 16.8 Å². The van der Waals surface area contributed by atoms with Gasteiger partial charge in [0, 0.05) is 41.8 Å². The van der Waals surface area contributed by atoms with Crippen molar-refractivity contribution in [1.29, 1.82) is 0 Å². The average molecular weight is 360 g/mol. The van der Waals surface area contributed by atoms with Gasteiger partial charge in [-0.25, -0.2) is 14.6 Å². The molecule has 0 aliphatic heterocycles. The van der Waals surface area contributed by atoms with Gasteiger partial charge in [-0.15, -0.1) is 0 Å². The molecule has 136 valence electrons. The van der Waals surface area contributed by atoms with Crippen LogP contribution in [-0.2, 0) is 17.8 Å². The van der Waals surface area contributed by atoms with Crippen LogP contribution in [-0.4, -0.2) is 30.6 Å². The smallest absolute Gasteiger partial charge is 0.220 e. The number of carbonyl (C=O) groups is 1. The van der Waals surface area contributed by atoms with Crippen LogP contribution >= 0.6 is 0 Å². The molecule has 0 bridgehead atoms. The first-order valence-electron chi connectivity index (χ1n) is 8.92. The van der Waals surface area contributed by atoms with Crippen LogP contribution in [0.2, 0.25) is 0 Å². The fourth-order valence-corrected chi connectivity index (χ4v) is 3.15. The van der Waals surface area contributed by atoms with Crippen LogP contribution in [0.15, 0.2) is 61.4 Å². The van der Waals surface area contributed by atoms with E-state index in [9.17, 15) is 4.79 Å². The number of rotatable bonds is 7. The monoisotopic (exact) mass is 360 g/mol. The van der Waals surface area contributed by atoms with Gasteiger partial charge in [0.15, 0.2) is 5.82 Å². The highest BCUT2D eigenvalue weighted by Crippen LogP contribution is 2.19. The maximum Gasteiger partial charge on any atom is 0.220 e. The largest absolute Gasteiger partial charge is 0.361 e. The molecule has 3 heterocycles. The second-order valence-corrected chi connectivity index (χ2v) is 6.32. The Morgan fingerprint density at radius 3 is 2.96 bits per heavy atom. The summed E-state index contributed by atoms with van der Waals surface area (Å²) < 4.78 is 1.60. The van der Waals surface area contributed by atoms with E-state index in [-0.39, 0.29) is 5.91 Å². The number of para-hydroxylation sites is 1. The molecule has 0 saturated carbocycles. The van der Waals surface area contributed by atoms with Gasteiger partial charge in [0.1, 0.15) is 12.7 Å². The zero-order valence-corrected chi connectivity index (χ0v) is 14.8. The second kappa shape index (κ2) is 7.82. The lowest BCUT2D eigenvalue weighted by atomic mass is 10.1. The third-order valence-electron chi connectivity index (χ3n) is 4.50. The molecule has 1 aromatic carbocycles. The van der Waals surface area contributed by atoms with Gasteiger partial charge < -0.3 is 10.3 Å². The highest BCUT2D eigenvalue weighted by molar-refractivity contribution is 5.83. The van der Waals surface area contributed by atoms with E-state index in [1.807, 2.05) is 30.5 Å². The van der Waals surface area contributed by atoms with Crippen LogP contribution in [0.5, 0.6) is 0 Å². The Morgan fingerprint density at radius 1 is 1.15 bits per heavy atom. The van der Waals surface area contributed by atoms with Gasteiger partial charge in [-0.2, -0.15) is 5.10 Å². The Labute approximate surface area is 156 Å². The number of aryl methyl sites for hydroxylation is 1. The molecule has 7 heteroatoms. The quantitative estimate of drug-likeness (QED) is 0.530. The summed E-state index contributed by atoms with van der Waals surface area (Å²) in [5, 5.41) is 8.30. The van der Waals surface area contributed by atoms with Crippen LogP contribution in [0.3, 0.4) is 0 Å². The molecule has 0 saturated heterocycles. The second-order valence-electron chi connectivity index (χ2n) is 6.32. The van der Waals surface area contributed by atoms with Crippen molar-refractivity contribution in [3.63, 3.8) is 0 Å². The third kappa shape index (κ3) is 3.87. The number of nitrogens with one attached hydrogen (secondary N) is 2. The third-order valence-corrected chi connectivity index (χ3v) is 4.50. The molecular weight excluding hydrogens is 340 g/mol. The maximum absolute atomic E-state index is 12.2. The topological polar surface area (TPSA) is 88.5 Å². The molecule has 0 unspecified atom stereocenters. The van der Waals surface area contributed by atoms with E-state index in [4.69, 9.17) is 0 Å². The molecule has 7 nitrogen and oxygen atoms in total. The molecular formula is C20H20N6O. The minimum Gasteiger partial charge on any atom is -0.361 e. The fourth-order valence-electron chi connectivity index (χ4n) is 3.15. The number of pyridine rings is 1. The van der Waals surface area contributed by atoms with Crippen molar-refractivity contribution in [2.24, 2.45) is 0 Å². The summed E-state index contributed by atoms with van der Waals surface area (Å²) in [5.74, 6) is 0.706. The van der Waals surface area contributed by atoms with Crippen LogP contribution < -0.4 is 5.32 Å². The van der Waals surface area contributed by atoms with Crippen molar-refractivity contribution in [2.45, 2.75) is 25.8 Å². The average Bonchev–Trinajstić information content (AvgIpc) is 3.37. The normalized spacial score (nSPS) is 11.0. The van der Waals surface area contributed by atoms with Crippen LogP contribution in [0.4, 0.5) is 0 Å². The van der Waals surface area contributed by atoms with Gasteiger partial charge in [-0.05, 0) is 30.5 Å². The number of H-pyrrole nitrogens is 1. The summed E-state index contributed by atoms with van der Waals surface area (Å²) in [5.41, 5.74) is 3.28. The summed E-state index contributed by atoms with van der Waals surface area (Å²) in [6.07, 6.45) is 8.94. The molecule has 3 aromatic heterocycles. The minimum atomic E-state index is 0.0308. The van der Waals surface area contributed by atoms with Crippen molar-refractivity contribution < 1.29 is 4.79 Å². The molecule has 0 aliphatic carbocycles. The molecule has 4 aromatic rings. The number of aromatic amines is 1. The molecule has 0 fully saturated rings. The van der Waals surface area contributed by atoms with Crippen LogP contribution in [0.1, 0.15) is 24.0 Å². The number of amides is 1. The molecule has 2 N–H and O–H groups in total. The summed E-state index contributed by atoms with van der Waals surface area (Å²) in [4.78, 5) is 23.8. The standard InChI is InChI=1S/C20H20N6O/c27-19(9-3-5-15-11-23-18-8-2-1-7-17(15)18)24-12-16-6-4-10-22-20(16)26-14-21-13-25-26/h1-2,4,6-8,10-11,13-14,23H,3,5,9,12H2,(H,24,27). The Balaban J connectivity index is 1.31. The summed E-state index contributed by atoms with van der Waals surface area (Å²) in [6.45, 7) is 0.412. The number of carbonyl (C=O) groups excluding carboxylic acids is 1. The summed E-state index contributed by atoms with van der Waals surface area (Å²) >= 11 is 0. The Kier molecular flexibility index (Phi) is 4.91. The maximum atomic E-state index is 12.2. The van der Waals surface area contributed by atoms with Crippen LogP contribution in [0, 0.1) is 0 Å². The molecule has 0 aliphatic rings. The fraction of sp³-hybridized carbons (Fsp3) is 0.200. The van der Waals surface area contributed by atoms with Gasteiger partial charge in [-0.3, -0.25) is 4.79 Å². The molecule has 0 radical (unpaired) electrons. The minimum absolute atomic E-state index is 0.0308. The number of fused-ring (bicyclic) bond motifs is 1. The Hall–Kier alpha value is -3.48. The zero-order chi connectivity index (χ0) is 18.5. The predicted octanol–water partition coefficient (Wildman–Crippen LogP) is 2.78. The number of hydrogen-bond donors (Lipinski definition) is 2. The summed E-state index contributed by atoms with van der Waals surface area (Å²) in [7, 11) is 0. The van der Waals surface area contributed by atoms with Gasteiger partial charge in [-0.1, -0.05) is 24.3 Å². The van der Waals surface area contributed by atoms with Gasteiger partial charge in [0.2, 0.25) is 5.91 Å². The number of nitrogens with zero attached hydrogens (tertiary/aromatic N) is 4. The first kappa shape index (κ1) is 17.0. The van der Waals surface area contributed by atoms with Crippen molar-refractivity contribution in [3.05, 3.63) is 72.6 Å². The molecule has 0 atom stereocenters. The Bertz CT molecular complexity index is 1040. The number of aromatic nitrogens is 5. The van der Waals surface area contributed by atoms with E-state index >= 15 is 0 Å². The lowest BCUT2D eigenvalue weighted by molar-refractivity contribution is -0.121.